The zero-order valence-electron chi connectivity index (χ0n) is 12.6. The Balaban J connectivity index is 2.37. The predicted octanol–water partition coefficient (Wildman–Crippen LogP) is 3.72. The first-order chi connectivity index (χ1) is 10.0. The van der Waals surface area contributed by atoms with Crippen LogP contribution in [0.25, 0.3) is 0 Å². The summed E-state index contributed by atoms with van der Waals surface area (Å²) < 4.78 is 5.35. The Morgan fingerprint density at radius 1 is 1.14 bits per heavy atom. The molecule has 0 bridgehead atoms. The van der Waals surface area contributed by atoms with Crippen molar-refractivity contribution < 1.29 is 14.6 Å². The van der Waals surface area contributed by atoms with E-state index in [0.717, 1.165) is 28.0 Å². The molecule has 0 amide bonds. The van der Waals surface area contributed by atoms with E-state index in [2.05, 4.69) is 0 Å². The van der Waals surface area contributed by atoms with E-state index in [-0.39, 0.29) is 0 Å². The molecule has 21 heavy (non-hydrogen) atoms. The van der Waals surface area contributed by atoms with E-state index in [0.29, 0.717) is 6.42 Å². The minimum Gasteiger partial charge on any atom is -0.496 e. The van der Waals surface area contributed by atoms with E-state index in [9.17, 15) is 9.90 Å². The molecule has 2 rings (SSSR count). The molecular formula is C18H20O3. The van der Waals surface area contributed by atoms with Crippen molar-refractivity contribution in [2.24, 2.45) is 0 Å². The highest BCUT2D eigenvalue weighted by Crippen LogP contribution is 2.28. The number of rotatable bonds is 5. The fourth-order valence-electron chi connectivity index (χ4n) is 2.52. The van der Waals surface area contributed by atoms with Gasteiger partial charge < -0.3 is 9.84 Å². The van der Waals surface area contributed by atoms with Crippen LogP contribution in [0.2, 0.25) is 0 Å². The molecule has 0 saturated heterocycles. The second-order valence-corrected chi connectivity index (χ2v) is 5.32. The van der Waals surface area contributed by atoms with Crippen molar-refractivity contribution in [3.8, 4) is 5.75 Å². The van der Waals surface area contributed by atoms with Crippen LogP contribution in [0.4, 0.5) is 0 Å². The number of carboxylic acids is 1. The summed E-state index contributed by atoms with van der Waals surface area (Å²) in [5.41, 5.74) is 3.91. The second kappa shape index (κ2) is 6.44. The Kier molecular flexibility index (Phi) is 4.63. The molecule has 3 nitrogen and oxygen atoms in total. The van der Waals surface area contributed by atoms with Gasteiger partial charge >= 0.3 is 5.97 Å². The van der Waals surface area contributed by atoms with Gasteiger partial charge in [-0.25, -0.2) is 0 Å². The molecule has 0 fully saturated rings. The van der Waals surface area contributed by atoms with Crippen LogP contribution in [0.1, 0.15) is 28.2 Å². The van der Waals surface area contributed by atoms with E-state index in [4.69, 9.17) is 4.74 Å². The minimum atomic E-state index is -0.816. The number of hydrogen-bond acceptors (Lipinski definition) is 2. The number of hydrogen-bond donors (Lipinski definition) is 1. The number of carboxylic acid groups (broad SMARTS) is 1. The molecule has 110 valence electrons. The van der Waals surface area contributed by atoms with E-state index < -0.39 is 11.9 Å². The number of aryl methyl sites for hydroxylation is 2. The van der Waals surface area contributed by atoms with Crippen molar-refractivity contribution in [3.63, 3.8) is 0 Å². The molecule has 0 heterocycles. The normalized spacial score (nSPS) is 12.0. The maximum Gasteiger partial charge on any atom is 0.311 e. The summed E-state index contributed by atoms with van der Waals surface area (Å²) in [5.74, 6) is -0.649. The van der Waals surface area contributed by atoms with Gasteiger partial charge in [-0.2, -0.15) is 0 Å². The SMILES string of the molecule is COc1ccc(C)cc1CC(C(=O)O)c1cccc(C)c1. The molecule has 1 N–H and O–H groups in total. The molecule has 2 aromatic carbocycles. The van der Waals surface area contributed by atoms with Crippen LogP contribution in [0.5, 0.6) is 5.75 Å². The van der Waals surface area contributed by atoms with Gasteiger partial charge in [-0.3, -0.25) is 4.79 Å². The summed E-state index contributed by atoms with van der Waals surface area (Å²) in [7, 11) is 1.61. The highest BCUT2D eigenvalue weighted by molar-refractivity contribution is 5.76. The lowest BCUT2D eigenvalue weighted by molar-refractivity contribution is -0.138. The standard InChI is InChI=1S/C18H20O3/c1-12-5-4-6-14(9-12)16(18(19)20)11-15-10-13(2)7-8-17(15)21-3/h4-10,16H,11H2,1-3H3,(H,19,20). The monoisotopic (exact) mass is 284 g/mol. The van der Waals surface area contributed by atoms with Gasteiger partial charge in [0, 0.05) is 0 Å². The van der Waals surface area contributed by atoms with Crippen molar-refractivity contribution in [1.29, 1.82) is 0 Å². The molecule has 0 saturated carbocycles. The van der Waals surface area contributed by atoms with Crippen LogP contribution >= 0.6 is 0 Å². The molecule has 3 heteroatoms. The van der Waals surface area contributed by atoms with Crippen molar-refractivity contribution in [2.75, 3.05) is 7.11 Å². The van der Waals surface area contributed by atoms with E-state index in [1.165, 1.54) is 0 Å². The summed E-state index contributed by atoms with van der Waals surface area (Å²) in [4.78, 5) is 11.7. The van der Waals surface area contributed by atoms with Gasteiger partial charge in [-0.1, -0.05) is 47.5 Å². The van der Waals surface area contributed by atoms with E-state index >= 15 is 0 Å². The van der Waals surface area contributed by atoms with Crippen LogP contribution in [0, 0.1) is 13.8 Å². The Hall–Kier alpha value is -2.29. The molecule has 0 aliphatic carbocycles. The summed E-state index contributed by atoms with van der Waals surface area (Å²) >= 11 is 0. The number of carbonyl (C=O) groups is 1. The molecule has 1 atom stereocenters. The maximum atomic E-state index is 11.7. The van der Waals surface area contributed by atoms with Gasteiger partial charge in [-0.15, -0.1) is 0 Å². The topological polar surface area (TPSA) is 46.5 Å². The first kappa shape index (κ1) is 15.1. The van der Waals surface area contributed by atoms with Crippen molar-refractivity contribution in [2.45, 2.75) is 26.2 Å². The summed E-state index contributed by atoms with van der Waals surface area (Å²) in [6.45, 7) is 3.96. The molecule has 0 radical (unpaired) electrons. The molecule has 0 spiro atoms. The second-order valence-electron chi connectivity index (χ2n) is 5.32. The van der Waals surface area contributed by atoms with Crippen LogP contribution in [-0.2, 0) is 11.2 Å². The van der Waals surface area contributed by atoms with Gasteiger partial charge in [0.15, 0.2) is 0 Å². The molecular weight excluding hydrogens is 264 g/mol. The lowest BCUT2D eigenvalue weighted by Gasteiger charge is -2.16. The highest BCUT2D eigenvalue weighted by Gasteiger charge is 2.22. The van der Waals surface area contributed by atoms with Crippen LogP contribution in [0.3, 0.4) is 0 Å². The number of aliphatic carboxylic acids is 1. The van der Waals surface area contributed by atoms with Gasteiger partial charge in [-0.05, 0) is 37.5 Å². The van der Waals surface area contributed by atoms with Gasteiger partial charge in [0.2, 0.25) is 0 Å². The first-order valence-electron chi connectivity index (χ1n) is 6.94. The Morgan fingerprint density at radius 2 is 1.86 bits per heavy atom. The molecule has 1 unspecified atom stereocenters. The fraction of sp³-hybridized carbons (Fsp3) is 0.278. The fourth-order valence-corrected chi connectivity index (χ4v) is 2.52. The number of ether oxygens (including phenoxy) is 1. The Morgan fingerprint density at radius 3 is 2.48 bits per heavy atom. The molecule has 0 aliphatic rings. The van der Waals surface area contributed by atoms with Crippen LogP contribution in [-0.4, -0.2) is 18.2 Å². The smallest absolute Gasteiger partial charge is 0.311 e. The number of benzene rings is 2. The lowest BCUT2D eigenvalue weighted by Crippen LogP contribution is -2.15. The van der Waals surface area contributed by atoms with Gasteiger partial charge in [0.05, 0.1) is 13.0 Å². The Bertz CT molecular complexity index is 647. The third kappa shape index (κ3) is 3.63. The summed E-state index contributed by atoms with van der Waals surface area (Å²) in [5, 5.41) is 9.57. The largest absolute Gasteiger partial charge is 0.496 e. The molecule has 0 aromatic heterocycles. The Labute approximate surface area is 125 Å². The molecule has 0 aliphatic heterocycles. The summed E-state index contributed by atoms with van der Waals surface area (Å²) in [6.07, 6.45) is 0.420. The lowest BCUT2D eigenvalue weighted by atomic mass is 9.90. The average molecular weight is 284 g/mol. The highest BCUT2D eigenvalue weighted by atomic mass is 16.5. The van der Waals surface area contributed by atoms with Crippen molar-refractivity contribution in [1.82, 2.24) is 0 Å². The molecule has 2 aromatic rings. The van der Waals surface area contributed by atoms with E-state index in [1.807, 2.05) is 56.3 Å². The zero-order chi connectivity index (χ0) is 15.4. The quantitative estimate of drug-likeness (QED) is 0.910. The van der Waals surface area contributed by atoms with Crippen LogP contribution < -0.4 is 4.74 Å². The summed E-state index contributed by atoms with van der Waals surface area (Å²) in [6, 6.07) is 13.5. The van der Waals surface area contributed by atoms with Crippen molar-refractivity contribution >= 4 is 5.97 Å². The third-order valence-electron chi connectivity index (χ3n) is 3.60. The minimum absolute atomic E-state index is 0.420. The maximum absolute atomic E-state index is 11.7. The van der Waals surface area contributed by atoms with Gasteiger partial charge in [0.1, 0.15) is 5.75 Å². The van der Waals surface area contributed by atoms with Gasteiger partial charge in [0.25, 0.3) is 0 Å². The average Bonchev–Trinajstić information content (AvgIpc) is 2.44. The van der Waals surface area contributed by atoms with E-state index in [1.54, 1.807) is 7.11 Å². The number of methoxy groups -OCH3 is 1. The first-order valence-corrected chi connectivity index (χ1v) is 6.94. The third-order valence-corrected chi connectivity index (χ3v) is 3.60. The van der Waals surface area contributed by atoms with Crippen LogP contribution in [0.15, 0.2) is 42.5 Å². The zero-order valence-corrected chi connectivity index (χ0v) is 12.6. The van der Waals surface area contributed by atoms with Crippen molar-refractivity contribution in [3.05, 3.63) is 64.7 Å². The predicted molar refractivity (Wildman–Crippen MR) is 83.0 cm³/mol.